The number of hydrogen-bond donors (Lipinski definition) is 1. The van der Waals surface area contributed by atoms with Gasteiger partial charge in [-0.3, -0.25) is 4.90 Å². The molecule has 12 heteroatoms. The largest absolute Gasteiger partial charge is 0.490 e. The molecule has 0 spiro atoms. The fourth-order valence-corrected chi connectivity index (χ4v) is 4.15. The number of fused-ring (bicyclic) bond motifs is 1. The number of aliphatic carboxylic acids is 1. The molecule has 0 saturated carbocycles. The van der Waals surface area contributed by atoms with Gasteiger partial charge in [0.05, 0.1) is 31.0 Å². The van der Waals surface area contributed by atoms with Crippen LogP contribution in [0.3, 0.4) is 0 Å². The molecule has 31 heavy (non-hydrogen) atoms. The molecular formula is C19H27F3N4O5. The Kier molecular flexibility index (Phi) is 7.10. The zero-order chi connectivity index (χ0) is 22.8. The van der Waals surface area contributed by atoms with Crippen LogP contribution in [0.4, 0.5) is 18.0 Å². The number of carbonyl (C=O) groups is 2. The number of alkyl halides is 3. The summed E-state index contributed by atoms with van der Waals surface area (Å²) in [6.45, 7) is 9.63. The number of likely N-dealkylation sites (tertiary alicyclic amines) is 2. The summed E-state index contributed by atoms with van der Waals surface area (Å²) in [6, 6.07) is 0.446. The van der Waals surface area contributed by atoms with E-state index < -0.39 is 12.1 Å². The van der Waals surface area contributed by atoms with Crippen molar-refractivity contribution >= 4 is 12.0 Å². The molecule has 4 rings (SSSR count). The van der Waals surface area contributed by atoms with E-state index in [0.717, 1.165) is 63.6 Å². The maximum Gasteiger partial charge on any atom is 0.490 e. The van der Waals surface area contributed by atoms with Crippen molar-refractivity contribution in [3.63, 3.8) is 0 Å². The molecule has 0 bridgehead atoms. The molecule has 0 radical (unpaired) electrons. The van der Waals surface area contributed by atoms with Crippen molar-refractivity contribution < 1.29 is 37.1 Å². The van der Waals surface area contributed by atoms with Gasteiger partial charge >= 0.3 is 18.2 Å². The van der Waals surface area contributed by atoms with E-state index in [2.05, 4.69) is 10.1 Å². The third-order valence-corrected chi connectivity index (χ3v) is 5.85. The summed E-state index contributed by atoms with van der Waals surface area (Å²) in [5.74, 6) is -1.87. The number of aryl methyl sites for hydroxylation is 2. The van der Waals surface area contributed by atoms with E-state index in [9.17, 15) is 18.0 Å². The number of halogens is 3. The minimum atomic E-state index is -5.08. The highest BCUT2D eigenvalue weighted by Gasteiger charge is 2.43. The van der Waals surface area contributed by atoms with Crippen LogP contribution in [-0.2, 0) is 16.1 Å². The van der Waals surface area contributed by atoms with E-state index in [0.29, 0.717) is 6.54 Å². The van der Waals surface area contributed by atoms with E-state index in [1.807, 2.05) is 23.6 Å². The van der Waals surface area contributed by atoms with Crippen LogP contribution in [0.15, 0.2) is 4.52 Å². The molecule has 9 nitrogen and oxygen atoms in total. The zero-order valence-corrected chi connectivity index (χ0v) is 17.5. The maximum absolute atomic E-state index is 12.7. The summed E-state index contributed by atoms with van der Waals surface area (Å²) in [4.78, 5) is 28.0. The van der Waals surface area contributed by atoms with Gasteiger partial charge in [0.1, 0.15) is 5.76 Å². The Morgan fingerprint density at radius 1 is 1.13 bits per heavy atom. The monoisotopic (exact) mass is 448 g/mol. The van der Waals surface area contributed by atoms with Crippen LogP contribution < -0.4 is 0 Å². The normalized spacial score (nSPS) is 24.0. The van der Waals surface area contributed by atoms with Gasteiger partial charge < -0.3 is 24.2 Å². The smallest absolute Gasteiger partial charge is 0.475 e. The van der Waals surface area contributed by atoms with Crippen molar-refractivity contribution in [2.75, 3.05) is 39.3 Å². The topological polar surface area (TPSA) is 99.4 Å². The molecular weight excluding hydrogens is 421 g/mol. The van der Waals surface area contributed by atoms with Gasteiger partial charge in [-0.25, -0.2) is 9.59 Å². The lowest BCUT2D eigenvalue weighted by Crippen LogP contribution is -2.50. The Morgan fingerprint density at radius 2 is 1.77 bits per heavy atom. The minimum absolute atomic E-state index is 0.116. The van der Waals surface area contributed by atoms with Gasteiger partial charge in [-0.2, -0.15) is 13.2 Å². The molecule has 1 aromatic rings. The Hall–Kier alpha value is -2.34. The lowest BCUT2D eigenvalue weighted by Gasteiger charge is -2.36. The molecule has 0 aliphatic carbocycles. The van der Waals surface area contributed by atoms with Crippen LogP contribution >= 0.6 is 0 Å². The predicted octanol–water partition coefficient (Wildman–Crippen LogP) is 2.03. The number of carbonyl (C=O) groups excluding carboxylic acids is 1. The molecule has 174 valence electrons. The Labute approximate surface area is 177 Å². The van der Waals surface area contributed by atoms with Crippen molar-refractivity contribution in [2.45, 2.75) is 51.6 Å². The first-order chi connectivity index (χ1) is 14.6. The van der Waals surface area contributed by atoms with Crippen molar-refractivity contribution in [3.05, 3.63) is 17.0 Å². The van der Waals surface area contributed by atoms with E-state index in [1.165, 1.54) is 5.56 Å². The fraction of sp³-hybridized carbons (Fsp3) is 0.737. The molecule has 1 aromatic heterocycles. The van der Waals surface area contributed by atoms with E-state index >= 15 is 0 Å². The molecule has 3 aliphatic rings. The van der Waals surface area contributed by atoms with Gasteiger partial charge in [0, 0.05) is 38.3 Å². The van der Waals surface area contributed by atoms with E-state index in [-0.39, 0.29) is 18.2 Å². The third kappa shape index (κ3) is 5.48. The van der Waals surface area contributed by atoms with Gasteiger partial charge in [0.15, 0.2) is 0 Å². The molecule has 3 saturated heterocycles. The summed E-state index contributed by atoms with van der Waals surface area (Å²) in [7, 11) is 0. The van der Waals surface area contributed by atoms with Crippen LogP contribution in [0.25, 0.3) is 0 Å². The highest BCUT2D eigenvalue weighted by Crippen LogP contribution is 2.27. The zero-order valence-electron chi connectivity index (χ0n) is 17.5. The fourth-order valence-electron chi connectivity index (χ4n) is 4.15. The molecule has 0 aromatic carbocycles. The van der Waals surface area contributed by atoms with Crippen LogP contribution in [-0.4, -0.2) is 94.6 Å². The second-order valence-electron chi connectivity index (χ2n) is 7.93. The maximum atomic E-state index is 12.7. The number of nitrogens with zero attached hydrogens (tertiary/aromatic N) is 4. The Balaban J connectivity index is 0.000000339. The number of urea groups is 1. The number of ether oxygens (including phenoxy) is 1. The number of amides is 2. The standard InChI is InChI=1S/C17H26N4O3.C2HF3O2/c1-12-14(13(2)24-18-12)9-20-7-8-23-16-11-21(10-15(16)20)17(22)19-5-3-4-6-19;3-2(4,5)1(6)7/h15-16H,3-11H2,1-2H3;(H,6,7)/t15-,16+;/m1./s1. The van der Waals surface area contributed by atoms with Gasteiger partial charge in [-0.15, -0.1) is 0 Å². The summed E-state index contributed by atoms with van der Waals surface area (Å²) >= 11 is 0. The molecule has 4 heterocycles. The van der Waals surface area contributed by atoms with Crippen molar-refractivity contribution in [3.8, 4) is 0 Å². The quantitative estimate of drug-likeness (QED) is 0.739. The van der Waals surface area contributed by atoms with Gasteiger partial charge in [0.25, 0.3) is 0 Å². The Morgan fingerprint density at radius 3 is 2.32 bits per heavy atom. The van der Waals surface area contributed by atoms with E-state index in [4.69, 9.17) is 19.2 Å². The minimum Gasteiger partial charge on any atom is -0.475 e. The van der Waals surface area contributed by atoms with Crippen LogP contribution in [0.1, 0.15) is 29.9 Å². The van der Waals surface area contributed by atoms with Gasteiger partial charge in [-0.05, 0) is 26.7 Å². The predicted molar refractivity (Wildman–Crippen MR) is 101 cm³/mol. The molecule has 1 N–H and O–H groups in total. The average molecular weight is 448 g/mol. The van der Waals surface area contributed by atoms with Crippen molar-refractivity contribution in [1.82, 2.24) is 19.9 Å². The first-order valence-corrected chi connectivity index (χ1v) is 10.2. The highest BCUT2D eigenvalue weighted by atomic mass is 19.4. The lowest BCUT2D eigenvalue weighted by molar-refractivity contribution is -0.192. The second-order valence-corrected chi connectivity index (χ2v) is 7.93. The third-order valence-electron chi connectivity index (χ3n) is 5.85. The van der Waals surface area contributed by atoms with Gasteiger partial charge in [-0.1, -0.05) is 5.16 Å². The van der Waals surface area contributed by atoms with Gasteiger partial charge in [0.2, 0.25) is 0 Å². The van der Waals surface area contributed by atoms with Crippen LogP contribution in [0.5, 0.6) is 0 Å². The summed E-state index contributed by atoms with van der Waals surface area (Å²) < 4.78 is 43.0. The molecule has 2 amide bonds. The summed E-state index contributed by atoms with van der Waals surface area (Å²) in [5.41, 5.74) is 2.12. The first kappa shape index (κ1) is 23.3. The summed E-state index contributed by atoms with van der Waals surface area (Å²) in [6.07, 6.45) is -2.71. The molecule has 3 aliphatic heterocycles. The van der Waals surface area contributed by atoms with Crippen LogP contribution in [0.2, 0.25) is 0 Å². The number of carboxylic acids is 1. The number of morpholine rings is 1. The SMILES string of the molecule is Cc1noc(C)c1CN1CCO[C@H]2CN(C(=O)N3CCCC3)C[C@H]21.O=C(O)C(F)(F)F. The molecule has 0 unspecified atom stereocenters. The molecule has 3 fully saturated rings. The summed E-state index contributed by atoms with van der Waals surface area (Å²) in [5, 5.41) is 11.2. The average Bonchev–Trinajstić information content (AvgIpc) is 3.44. The Bertz CT molecular complexity index is 774. The molecule has 2 atom stereocenters. The lowest BCUT2D eigenvalue weighted by atomic mass is 10.1. The number of rotatable bonds is 2. The van der Waals surface area contributed by atoms with E-state index in [1.54, 1.807) is 0 Å². The highest BCUT2D eigenvalue weighted by molar-refractivity contribution is 5.75. The van der Waals surface area contributed by atoms with Crippen molar-refractivity contribution in [2.24, 2.45) is 0 Å². The second kappa shape index (κ2) is 9.43. The first-order valence-electron chi connectivity index (χ1n) is 10.2. The van der Waals surface area contributed by atoms with Crippen LogP contribution in [0, 0.1) is 13.8 Å². The number of aromatic nitrogens is 1. The number of carboxylic acid groups (broad SMARTS) is 1. The number of hydrogen-bond acceptors (Lipinski definition) is 6. The van der Waals surface area contributed by atoms with Crippen molar-refractivity contribution in [1.29, 1.82) is 0 Å².